The summed E-state index contributed by atoms with van der Waals surface area (Å²) in [6, 6.07) is 21.0. The van der Waals surface area contributed by atoms with Gasteiger partial charge < -0.3 is 25.2 Å². The second kappa shape index (κ2) is 11.1. The van der Waals surface area contributed by atoms with Crippen molar-refractivity contribution in [2.24, 2.45) is 0 Å². The van der Waals surface area contributed by atoms with E-state index in [1.54, 1.807) is 17.0 Å². The Labute approximate surface area is 231 Å². The number of benzene rings is 2. The Morgan fingerprint density at radius 1 is 0.950 bits per heavy atom. The zero-order valence-corrected chi connectivity index (χ0v) is 22.0. The molecule has 2 aromatic heterocycles. The number of nitrogens with one attached hydrogen (secondary N) is 2. The van der Waals surface area contributed by atoms with E-state index >= 15 is 0 Å². The number of likely N-dealkylation sites (N-methyl/N-ethyl adjacent to an activating group) is 1. The fourth-order valence-corrected chi connectivity index (χ4v) is 4.69. The SMILES string of the molecule is CN1CCN(c2cccc(Nc3ncc(F)c(Nc4ccc5c(n4)N(Cc4ccccc4)C(=O)CO5)n3)c2)CC1. The zero-order chi connectivity index (χ0) is 27.5. The van der Waals surface area contributed by atoms with E-state index in [4.69, 9.17) is 4.74 Å². The lowest BCUT2D eigenvalue weighted by atomic mass is 10.2. The first-order chi connectivity index (χ1) is 19.5. The maximum absolute atomic E-state index is 14.8. The van der Waals surface area contributed by atoms with Gasteiger partial charge in [0.2, 0.25) is 5.95 Å². The normalized spacial score (nSPS) is 15.4. The summed E-state index contributed by atoms with van der Waals surface area (Å²) in [7, 11) is 2.13. The summed E-state index contributed by atoms with van der Waals surface area (Å²) in [5, 5.41) is 6.11. The molecule has 2 aromatic carbocycles. The van der Waals surface area contributed by atoms with Crippen molar-refractivity contribution in [2.45, 2.75) is 6.54 Å². The molecule has 0 atom stereocenters. The molecule has 0 unspecified atom stereocenters. The second-order valence-electron chi connectivity index (χ2n) is 9.75. The van der Waals surface area contributed by atoms with Gasteiger partial charge in [0.15, 0.2) is 29.8 Å². The number of nitrogens with zero attached hydrogens (tertiary/aromatic N) is 6. The highest BCUT2D eigenvalue weighted by atomic mass is 19.1. The van der Waals surface area contributed by atoms with Crippen molar-refractivity contribution < 1.29 is 13.9 Å². The maximum atomic E-state index is 14.8. The van der Waals surface area contributed by atoms with Crippen molar-refractivity contribution >= 4 is 40.7 Å². The van der Waals surface area contributed by atoms with Gasteiger partial charge in [0, 0.05) is 37.6 Å². The third-order valence-electron chi connectivity index (χ3n) is 6.89. The molecule has 40 heavy (non-hydrogen) atoms. The van der Waals surface area contributed by atoms with Crippen molar-refractivity contribution in [1.82, 2.24) is 19.9 Å². The minimum atomic E-state index is -0.635. The molecule has 0 spiro atoms. The van der Waals surface area contributed by atoms with E-state index in [1.165, 1.54) is 0 Å². The fraction of sp³-hybridized carbons (Fsp3) is 0.241. The number of aromatic nitrogens is 3. The first-order valence-electron chi connectivity index (χ1n) is 13.1. The number of anilines is 6. The van der Waals surface area contributed by atoms with Gasteiger partial charge in [-0.1, -0.05) is 36.4 Å². The van der Waals surface area contributed by atoms with Crippen molar-refractivity contribution in [3.8, 4) is 5.75 Å². The van der Waals surface area contributed by atoms with Crippen LogP contribution in [0.2, 0.25) is 0 Å². The van der Waals surface area contributed by atoms with E-state index in [2.05, 4.69) is 48.5 Å². The van der Waals surface area contributed by atoms with Crippen LogP contribution in [-0.4, -0.2) is 65.6 Å². The molecule has 1 saturated heterocycles. The summed E-state index contributed by atoms with van der Waals surface area (Å²) in [6.45, 7) is 4.20. The van der Waals surface area contributed by atoms with Crippen LogP contribution in [0.25, 0.3) is 0 Å². The van der Waals surface area contributed by atoms with Crippen LogP contribution in [0, 0.1) is 5.82 Å². The predicted octanol–water partition coefficient (Wildman–Crippen LogP) is 4.18. The van der Waals surface area contributed by atoms with Gasteiger partial charge >= 0.3 is 0 Å². The highest BCUT2D eigenvalue weighted by Gasteiger charge is 2.27. The van der Waals surface area contributed by atoms with Crippen molar-refractivity contribution in [2.75, 3.05) is 60.3 Å². The highest BCUT2D eigenvalue weighted by Crippen LogP contribution is 2.33. The Morgan fingerprint density at radius 2 is 1.77 bits per heavy atom. The van der Waals surface area contributed by atoms with Crippen LogP contribution in [0.15, 0.2) is 72.9 Å². The van der Waals surface area contributed by atoms with Crippen LogP contribution < -0.4 is 25.2 Å². The Hall–Kier alpha value is -4.77. The molecule has 0 aliphatic carbocycles. The molecule has 2 aliphatic heterocycles. The number of ether oxygens (including phenoxy) is 1. The molecule has 0 saturated carbocycles. The number of hydrogen-bond acceptors (Lipinski definition) is 9. The topological polar surface area (TPSA) is 98.8 Å². The third-order valence-corrected chi connectivity index (χ3v) is 6.89. The molecule has 1 amide bonds. The number of rotatable bonds is 7. The minimum Gasteiger partial charge on any atom is -0.480 e. The van der Waals surface area contributed by atoms with E-state index in [1.807, 2.05) is 48.5 Å². The Kier molecular flexibility index (Phi) is 7.11. The van der Waals surface area contributed by atoms with Gasteiger partial charge in [0.05, 0.1) is 12.7 Å². The largest absolute Gasteiger partial charge is 0.480 e. The van der Waals surface area contributed by atoms with Crippen LogP contribution in [-0.2, 0) is 11.3 Å². The molecule has 2 aliphatic rings. The Bertz CT molecular complexity index is 1510. The first-order valence-corrected chi connectivity index (χ1v) is 13.1. The Balaban J connectivity index is 1.20. The van der Waals surface area contributed by atoms with Crippen LogP contribution >= 0.6 is 0 Å². The van der Waals surface area contributed by atoms with Crippen LogP contribution in [0.3, 0.4) is 0 Å². The molecular weight excluding hydrogens is 511 g/mol. The monoisotopic (exact) mass is 540 g/mol. The van der Waals surface area contributed by atoms with Gasteiger partial charge in [-0.15, -0.1) is 0 Å². The Morgan fingerprint density at radius 3 is 2.60 bits per heavy atom. The van der Waals surface area contributed by atoms with Gasteiger partial charge in [-0.2, -0.15) is 4.98 Å². The lowest BCUT2D eigenvalue weighted by Gasteiger charge is -2.34. The predicted molar refractivity (Wildman–Crippen MR) is 152 cm³/mol. The number of carbonyl (C=O) groups excluding carboxylic acids is 1. The summed E-state index contributed by atoms with van der Waals surface area (Å²) in [6.07, 6.45) is 1.11. The first kappa shape index (κ1) is 25.5. The molecule has 11 heteroatoms. The van der Waals surface area contributed by atoms with Crippen molar-refractivity contribution in [1.29, 1.82) is 0 Å². The number of halogens is 1. The van der Waals surface area contributed by atoms with Gasteiger partial charge in [-0.05, 0) is 42.9 Å². The number of pyridine rings is 1. The second-order valence-corrected chi connectivity index (χ2v) is 9.75. The number of fused-ring (bicyclic) bond motifs is 1. The minimum absolute atomic E-state index is 0.0437. The molecule has 1 fully saturated rings. The zero-order valence-electron chi connectivity index (χ0n) is 22.0. The molecule has 0 bridgehead atoms. The number of hydrogen-bond donors (Lipinski definition) is 2. The molecule has 0 radical (unpaired) electrons. The van der Waals surface area contributed by atoms with E-state index in [-0.39, 0.29) is 24.3 Å². The average molecular weight is 541 g/mol. The van der Waals surface area contributed by atoms with Crippen molar-refractivity contribution in [3.05, 3.63) is 84.3 Å². The summed E-state index contributed by atoms with van der Waals surface area (Å²) in [5.74, 6) is 0.505. The van der Waals surface area contributed by atoms with Gasteiger partial charge in [-0.3, -0.25) is 9.69 Å². The van der Waals surface area contributed by atoms with E-state index in [9.17, 15) is 9.18 Å². The molecule has 6 rings (SSSR count). The fourth-order valence-electron chi connectivity index (χ4n) is 4.69. The van der Waals surface area contributed by atoms with Gasteiger partial charge in [-0.25, -0.2) is 14.4 Å². The maximum Gasteiger partial charge on any atom is 0.266 e. The molecule has 10 nitrogen and oxygen atoms in total. The molecule has 4 aromatic rings. The number of amides is 1. The summed E-state index contributed by atoms with van der Waals surface area (Å²) in [4.78, 5) is 31.9. The average Bonchev–Trinajstić information content (AvgIpc) is 2.97. The van der Waals surface area contributed by atoms with Crippen LogP contribution in [0.1, 0.15) is 5.56 Å². The number of carbonyl (C=O) groups is 1. The lowest BCUT2D eigenvalue weighted by molar-refractivity contribution is -0.121. The molecular formula is C29H29FN8O2. The summed E-state index contributed by atoms with van der Waals surface area (Å²) >= 11 is 0. The quantitative estimate of drug-likeness (QED) is 0.358. The molecule has 4 heterocycles. The highest BCUT2D eigenvalue weighted by molar-refractivity contribution is 5.96. The van der Waals surface area contributed by atoms with Crippen LogP contribution in [0.5, 0.6) is 5.75 Å². The smallest absolute Gasteiger partial charge is 0.266 e. The van der Waals surface area contributed by atoms with Crippen LogP contribution in [0.4, 0.5) is 39.2 Å². The van der Waals surface area contributed by atoms with Gasteiger partial charge in [0.1, 0.15) is 5.82 Å². The van der Waals surface area contributed by atoms with Crippen molar-refractivity contribution in [3.63, 3.8) is 0 Å². The lowest BCUT2D eigenvalue weighted by Crippen LogP contribution is -2.44. The molecule has 2 N–H and O–H groups in total. The standard InChI is InChI=1S/C29H29FN8O2/c1-36-12-14-37(15-13-36)22-9-5-8-21(16-22)32-29-31-17-23(30)27(35-29)33-25-11-10-24-28(34-25)38(26(39)19-40-24)18-20-6-3-2-4-7-20/h2-11,16-17H,12-15,18-19H2,1H3,(H2,31,32,33,34,35). The third kappa shape index (κ3) is 5.64. The van der Waals surface area contributed by atoms with E-state index in [0.29, 0.717) is 23.9 Å². The van der Waals surface area contributed by atoms with E-state index < -0.39 is 5.82 Å². The number of piperazine rings is 1. The van der Waals surface area contributed by atoms with Gasteiger partial charge in [0.25, 0.3) is 5.91 Å². The summed E-state index contributed by atoms with van der Waals surface area (Å²) in [5.41, 5.74) is 2.86. The summed E-state index contributed by atoms with van der Waals surface area (Å²) < 4.78 is 20.3. The molecule has 204 valence electrons. The van der Waals surface area contributed by atoms with E-state index in [0.717, 1.165) is 49.3 Å².